The largest absolute Gasteiger partial charge is 0.497 e. The van der Waals surface area contributed by atoms with Crippen LogP contribution in [0.1, 0.15) is 19.4 Å². The molecule has 1 fully saturated rings. The molecule has 1 aromatic heterocycles. The molecule has 1 amide bonds. The van der Waals surface area contributed by atoms with Crippen molar-refractivity contribution >= 4 is 11.6 Å². The molecule has 1 N–H and O–H groups in total. The number of benzene rings is 2. The van der Waals surface area contributed by atoms with Gasteiger partial charge in [-0.2, -0.15) is 5.10 Å². The molecule has 0 aliphatic carbocycles. The van der Waals surface area contributed by atoms with Crippen molar-refractivity contribution in [3.05, 3.63) is 54.2 Å². The monoisotopic (exact) mass is 491 g/mol. The molecule has 3 aromatic rings. The van der Waals surface area contributed by atoms with Crippen LogP contribution >= 0.6 is 0 Å². The van der Waals surface area contributed by atoms with E-state index >= 15 is 0 Å². The van der Waals surface area contributed by atoms with Crippen LogP contribution in [0.25, 0.3) is 11.3 Å². The molecule has 3 heterocycles. The van der Waals surface area contributed by atoms with E-state index in [4.69, 9.17) is 19.3 Å². The van der Waals surface area contributed by atoms with Gasteiger partial charge in [-0.05, 0) is 38.1 Å². The summed E-state index contributed by atoms with van der Waals surface area (Å²) in [5.41, 5.74) is 3.33. The van der Waals surface area contributed by atoms with Crippen molar-refractivity contribution in [3.8, 4) is 28.5 Å². The summed E-state index contributed by atoms with van der Waals surface area (Å²) in [4.78, 5) is 17.2. The third-order valence-electron chi connectivity index (χ3n) is 6.82. The van der Waals surface area contributed by atoms with E-state index in [-0.39, 0.29) is 5.91 Å². The minimum absolute atomic E-state index is 0.0186. The van der Waals surface area contributed by atoms with Gasteiger partial charge in [-0.15, -0.1) is 0 Å². The van der Waals surface area contributed by atoms with Crippen molar-refractivity contribution < 1.29 is 19.0 Å². The van der Waals surface area contributed by atoms with Gasteiger partial charge in [0.15, 0.2) is 0 Å². The number of carbonyl (C=O) groups excluding carboxylic acids is 1. The average Bonchev–Trinajstić information content (AvgIpc) is 3.33. The highest BCUT2D eigenvalue weighted by molar-refractivity contribution is 5.78. The molecule has 190 valence electrons. The molecule has 36 heavy (non-hydrogen) atoms. The number of amides is 1. The Morgan fingerprint density at radius 1 is 1.08 bits per heavy atom. The maximum atomic E-state index is 12.7. The van der Waals surface area contributed by atoms with Crippen molar-refractivity contribution in [1.82, 2.24) is 20.0 Å². The van der Waals surface area contributed by atoms with Crippen LogP contribution in [0.3, 0.4) is 0 Å². The van der Waals surface area contributed by atoms with Gasteiger partial charge in [-0.1, -0.05) is 12.1 Å². The number of methoxy groups -OCH3 is 2. The van der Waals surface area contributed by atoms with E-state index in [1.165, 1.54) is 0 Å². The van der Waals surface area contributed by atoms with Gasteiger partial charge < -0.3 is 24.4 Å². The number of nitrogens with zero attached hydrogens (tertiary/aromatic N) is 4. The number of ether oxygens (including phenoxy) is 3. The Morgan fingerprint density at radius 2 is 1.86 bits per heavy atom. The number of hydrogen-bond donors (Lipinski definition) is 1. The lowest BCUT2D eigenvalue weighted by atomic mass is 9.92. The molecule has 2 aliphatic rings. The number of nitrogens with one attached hydrogen (secondary N) is 1. The lowest BCUT2D eigenvalue weighted by Crippen LogP contribution is -2.49. The second kappa shape index (κ2) is 9.73. The van der Waals surface area contributed by atoms with Crippen LogP contribution in [-0.2, 0) is 17.1 Å². The molecule has 1 saturated heterocycles. The SMILES string of the molecule is COc1ccc2c(c1)OC(C)(C)c1cn(CNC(=O)CN3CCN(c4ccccc4OC)CC3)nc1-2. The zero-order valence-electron chi connectivity index (χ0n) is 21.3. The smallest absolute Gasteiger partial charge is 0.235 e. The summed E-state index contributed by atoms with van der Waals surface area (Å²) in [6.07, 6.45) is 1.95. The number of aromatic nitrogens is 2. The highest BCUT2D eigenvalue weighted by Crippen LogP contribution is 2.45. The van der Waals surface area contributed by atoms with Crippen LogP contribution < -0.4 is 24.4 Å². The Balaban J connectivity index is 1.18. The summed E-state index contributed by atoms with van der Waals surface area (Å²) in [6, 6.07) is 13.8. The molecule has 0 radical (unpaired) electrons. The predicted molar refractivity (Wildman–Crippen MR) is 138 cm³/mol. The Labute approximate surface area is 211 Å². The molecule has 2 aliphatic heterocycles. The summed E-state index contributed by atoms with van der Waals surface area (Å²) in [5.74, 6) is 2.34. The summed E-state index contributed by atoms with van der Waals surface area (Å²) < 4.78 is 18.9. The van der Waals surface area contributed by atoms with Gasteiger partial charge in [0.05, 0.1) is 26.5 Å². The molecule has 0 saturated carbocycles. The summed E-state index contributed by atoms with van der Waals surface area (Å²) in [7, 11) is 3.33. The molecule has 0 bridgehead atoms. The summed E-state index contributed by atoms with van der Waals surface area (Å²) >= 11 is 0. The van der Waals surface area contributed by atoms with E-state index in [0.717, 1.165) is 65.9 Å². The van der Waals surface area contributed by atoms with Gasteiger partial charge in [-0.3, -0.25) is 14.4 Å². The van der Waals surface area contributed by atoms with E-state index in [9.17, 15) is 4.79 Å². The molecule has 0 unspecified atom stereocenters. The van der Waals surface area contributed by atoms with Crippen LogP contribution in [0.5, 0.6) is 17.2 Å². The first-order valence-electron chi connectivity index (χ1n) is 12.2. The molecular weight excluding hydrogens is 458 g/mol. The number of fused-ring (bicyclic) bond motifs is 3. The minimum atomic E-state index is -0.544. The number of piperazine rings is 1. The number of carbonyl (C=O) groups is 1. The van der Waals surface area contributed by atoms with E-state index < -0.39 is 5.60 Å². The Kier molecular flexibility index (Phi) is 6.49. The van der Waals surface area contributed by atoms with E-state index in [0.29, 0.717) is 13.2 Å². The lowest BCUT2D eigenvalue weighted by molar-refractivity contribution is -0.122. The van der Waals surface area contributed by atoms with Crippen LogP contribution in [0.2, 0.25) is 0 Å². The quantitative estimate of drug-likeness (QED) is 0.544. The standard InChI is InChI=1S/C27H33N5O4/c1-27(2)21-16-32(29-26(21)20-10-9-19(34-3)15-24(20)36-27)18-28-25(33)17-30-11-13-31(14-12-30)22-7-5-6-8-23(22)35-4/h5-10,15-16H,11-14,17-18H2,1-4H3,(H,28,33). The molecule has 0 atom stereocenters. The summed E-state index contributed by atoms with van der Waals surface area (Å²) in [5, 5.41) is 7.78. The molecule has 5 rings (SSSR count). The maximum Gasteiger partial charge on any atom is 0.235 e. The number of hydrogen-bond acceptors (Lipinski definition) is 7. The fraction of sp³-hybridized carbons (Fsp3) is 0.407. The number of para-hydroxylation sites is 2. The van der Waals surface area contributed by atoms with Crippen molar-refractivity contribution in [3.63, 3.8) is 0 Å². The predicted octanol–water partition coefficient (Wildman–Crippen LogP) is 3.09. The van der Waals surface area contributed by atoms with Crippen LogP contribution in [0, 0.1) is 0 Å². The molecule has 2 aromatic carbocycles. The van der Waals surface area contributed by atoms with Crippen molar-refractivity contribution in [1.29, 1.82) is 0 Å². The zero-order valence-corrected chi connectivity index (χ0v) is 21.3. The molecule has 0 spiro atoms. The van der Waals surface area contributed by atoms with Crippen LogP contribution in [0.4, 0.5) is 5.69 Å². The Morgan fingerprint density at radius 3 is 2.61 bits per heavy atom. The van der Waals surface area contributed by atoms with E-state index in [1.54, 1.807) is 18.9 Å². The van der Waals surface area contributed by atoms with Gasteiger partial charge in [-0.25, -0.2) is 0 Å². The third kappa shape index (κ3) is 4.70. The van der Waals surface area contributed by atoms with E-state index in [2.05, 4.69) is 21.2 Å². The van der Waals surface area contributed by atoms with Crippen molar-refractivity contribution in [2.75, 3.05) is 51.8 Å². The first-order valence-corrected chi connectivity index (χ1v) is 12.2. The number of anilines is 1. The summed E-state index contributed by atoms with van der Waals surface area (Å²) in [6.45, 7) is 8.01. The molecule has 9 heteroatoms. The average molecular weight is 492 g/mol. The first kappa shape index (κ1) is 24.0. The fourth-order valence-electron chi connectivity index (χ4n) is 4.85. The molecular formula is C27H33N5O4. The normalized spacial score (nSPS) is 16.5. The van der Waals surface area contributed by atoms with Crippen molar-refractivity contribution in [2.45, 2.75) is 26.1 Å². The van der Waals surface area contributed by atoms with Gasteiger partial charge >= 0.3 is 0 Å². The van der Waals surface area contributed by atoms with Gasteiger partial charge in [0.2, 0.25) is 5.91 Å². The topological polar surface area (TPSA) is 81.1 Å². The van der Waals surface area contributed by atoms with Gasteiger partial charge in [0.1, 0.15) is 35.2 Å². The highest BCUT2D eigenvalue weighted by Gasteiger charge is 2.35. The second-order valence-electron chi connectivity index (χ2n) is 9.60. The van der Waals surface area contributed by atoms with Gasteiger partial charge in [0.25, 0.3) is 0 Å². The minimum Gasteiger partial charge on any atom is -0.497 e. The Bertz CT molecular complexity index is 1250. The first-order chi connectivity index (χ1) is 17.4. The number of rotatable bonds is 7. The van der Waals surface area contributed by atoms with Crippen LogP contribution in [0.15, 0.2) is 48.7 Å². The molecule has 9 nitrogen and oxygen atoms in total. The maximum absolute atomic E-state index is 12.7. The Hall–Kier alpha value is -3.72. The highest BCUT2D eigenvalue weighted by atomic mass is 16.5. The lowest BCUT2D eigenvalue weighted by Gasteiger charge is -2.36. The van der Waals surface area contributed by atoms with Crippen molar-refractivity contribution in [2.24, 2.45) is 0 Å². The van der Waals surface area contributed by atoms with Crippen LogP contribution in [-0.4, -0.2) is 67.5 Å². The second-order valence-corrected chi connectivity index (χ2v) is 9.60. The zero-order chi connectivity index (χ0) is 25.3. The van der Waals surface area contributed by atoms with Gasteiger partial charge in [0, 0.05) is 49.6 Å². The van der Waals surface area contributed by atoms with E-state index in [1.807, 2.05) is 56.4 Å². The fourth-order valence-corrected chi connectivity index (χ4v) is 4.85. The third-order valence-corrected chi connectivity index (χ3v) is 6.82.